The van der Waals surface area contributed by atoms with Crippen LogP contribution in [0.25, 0.3) is 0 Å². The molecule has 2 N–H and O–H groups in total. The number of hydrogen-bond acceptors (Lipinski definition) is 4. The number of hydrogen-bond donors (Lipinski definition) is 2. The van der Waals surface area contributed by atoms with Crippen LogP contribution in [0.1, 0.15) is 27.2 Å². The van der Waals surface area contributed by atoms with Crippen molar-refractivity contribution in [2.75, 3.05) is 6.54 Å². The number of ketones is 1. The molecule has 64 valence electrons. The molecule has 0 rings (SSSR count). The van der Waals surface area contributed by atoms with Gasteiger partial charge in [-0.2, -0.15) is 5.11 Å². The first-order valence-electron chi connectivity index (χ1n) is 3.61. The third-order valence-corrected chi connectivity index (χ3v) is 1.31. The number of carbonyl (C=O) groups excluding carboxylic acids is 1. The van der Waals surface area contributed by atoms with Crippen molar-refractivity contribution >= 4 is 5.78 Å². The Kier molecular flexibility index (Phi) is 3.89. The largest absolute Gasteiger partial charge is 0.300 e. The average molecular weight is 157 g/mol. The van der Waals surface area contributed by atoms with E-state index in [9.17, 15) is 4.79 Å². The van der Waals surface area contributed by atoms with Crippen LogP contribution in [-0.2, 0) is 4.79 Å². The van der Waals surface area contributed by atoms with Crippen LogP contribution < -0.4 is 5.32 Å². The maximum Gasteiger partial charge on any atom is 0.131 e. The maximum atomic E-state index is 10.5. The Morgan fingerprint density at radius 2 is 2.18 bits per heavy atom. The van der Waals surface area contributed by atoms with Gasteiger partial charge in [0.1, 0.15) is 11.4 Å². The van der Waals surface area contributed by atoms with Gasteiger partial charge in [-0.3, -0.25) is 10.1 Å². The van der Waals surface area contributed by atoms with E-state index >= 15 is 0 Å². The first-order chi connectivity index (χ1) is 4.98. The lowest BCUT2D eigenvalue weighted by Crippen LogP contribution is -2.37. The summed E-state index contributed by atoms with van der Waals surface area (Å²) in [5.74, 6) is 0.151. The third kappa shape index (κ3) is 5.66. The van der Waals surface area contributed by atoms with E-state index in [1.54, 1.807) is 20.8 Å². The molecule has 4 nitrogen and oxygen atoms in total. The number of nitrogens with zero attached hydrogens (tertiary/aromatic N) is 1. The second-order valence-electron chi connectivity index (χ2n) is 3.05. The van der Waals surface area contributed by atoms with Gasteiger partial charge in [0.25, 0.3) is 0 Å². The van der Waals surface area contributed by atoms with E-state index in [1.165, 1.54) is 0 Å². The van der Waals surface area contributed by atoms with Gasteiger partial charge in [-0.25, -0.2) is 5.53 Å². The van der Waals surface area contributed by atoms with Crippen molar-refractivity contribution in [1.29, 1.82) is 5.53 Å². The predicted octanol–water partition coefficient (Wildman–Crippen LogP) is 1.32. The monoisotopic (exact) mass is 157 g/mol. The van der Waals surface area contributed by atoms with Crippen LogP contribution in [0, 0.1) is 5.53 Å². The van der Waals surface area contributed by atoms with E-state index in [2.05, 4.69) is 10.4 Å². The zero-order valence-electron chi connectivity index (χ0n) is 7.27. The summed E-state index contributed by atoms with van der Waals surface area (Å²) in [5.41, 5.74) is 6.24. The Morgan fingerprint density at radius 3 is 2.55 bits per heavy atom. The molecule has 11 heavy (non-hydrogen) atoms. The number of carbonyl (C=O) groups is 1. The minimum absolute atomic E-state index is 0.151. The highest BCUT2D eigenvalue weighted by atomic mass is 16.1. The molecule has 0 radical (unpaired) electrons. The molecule has 0 aromatic carbocycles. The molecule has 0 saturated carbocycles. The van der Waals surface area contributed by atoms with E-state index in [1.807, 2.05) is 0 Å². The molecule has 0 bridgehead atoms. The summed E-state index contributed by atoms with van der Waals surface area (Å²) in [6.45, 7) is 5.72. The fourth-order valence-electron chi connectivity index (χ4n) is 0.584. The second-order valence-corrected chi connectivity index (χ2v) is 3.05. The molecule has 0 aromatic heterocycles. The minimum atomic E-state index is -0.532. The number of Topliss-reactive ketones (excluding diaryl/α,β-unsaturated/α-hetero) is 1. The SMILES string of the molecule is CC(=O)CCNC(C)(C)N=N. The summed E-state index contributed by atoms with van der Waals surface area (Å²) in [6.07, 6.45) is 0.499. The Bertz CT molecular complexity index is 154. The molecule has 0 spiro atoms. The van der Waals surface area contributed by atoms with Gasteiger partial charge < -0.3 is 0 Å². The van der Waals surface area contributed by atoms with Crippen molar-refractivity contribution in [3.63, 3.8) is 0 Å². The Balaban J connectivity index is 3.53. The lowest BCUT2D eigenvalue weighted by atomic mass is 10.2. The second kappa shape index (κ2) is 4.18. The summed E-state index contributed by atoms with van der Waals surface area (Å²) in [4.78, 5) is 10.5. The smallest absolute Gasteiger partial charge is 0.131 e. The Hall–Kier alpha value is -0.770. The first-order valence-corrected chi connectivity index (χ1v) is 3.61. The van der Waals surface area contributed by atoms with Crippen LogP contribution in [0.5, 0.6) is 0 Å². The third-order valence-electron chi connectivity index (χ3n) is 1.31. The van der Waals surface area contributed by atoms with Crippen molar-refractivity contribution in [1.82, 2.24) is 5.32 Å². The van der Waals surface area contributed by atoms with Crippen LogP contribution in [0.3, 0.4) is 0 Å². The van der Waals surface area contributed by atoms with Crippen LogP contribution in [0.15, 0.2) is 5.11 Å². The van der Waals surface area contributed by atoms with Gasteiger partial charge in [-0.1, -0.05) is 0 Å². The summed E-state index contributed by atoms with van der Waals surface area (Å²) in [5, 5.41) is 6.31. The van der Waals surface area contributed by atoms with Gasteiger partial charge in [-0.15, -0.1) is 0 Å². The lowest BCUT2D eigenvalue weighted by molar-refractivity contribution is -0.116. The zero-order chi connectivity index (χ0) is 8.91. The van der Waals surface area contributed by atoms with Crippen LogP contribution >= 0.6 is 0 Å². The zero-order valence-corrected chi connectivity index (χ0v) is 7.27. The highest BCUT2D eigenvalue weighted by Crippen LogP contribution is 2.01. The normalized spacial score (nSPS) is 11.2. The van der Waals surface area contributed by atoms with E-state index in [-0.39, 0.29) is 5.78 Å². The lowest BCUT2D eigenvalue weighted by Gasteiger charge is -2.18. The molecule has 4 heteroatoms. The molecule has 0 unspecified atom stereocenters. The molecular weight excluding hydrogens is 142 g/mol. The standard InChI is InChI=1S/C7H15N3O/c1-6(11)4-5-9-7(2,3)10-8/h8-9H,4-5H2,1-3H3. The fraction of sp³-hybridized carbons (Fsp3) is 0.857. The average Bonchev–Trinajstić information content (AvgIpc) is 1.87. The van der Waals surface area contributed by atoms with Crippen molar-refractivity contribution < 1.29 is 4.79 Å². The topological polar surface area (TPSA) is 65.3 Å². The van der Waals surface area contributed by atoms with Crippen LogP contribution in [0.2, 0.25) is 0 Å². The molecule has 0 aliphatic heterocycles. The molecule has 0 aliphatic rings. The fourth-order valence-corrected chi connectivity index (χ4v) is 0.584. The quantitative estimate of drug-likeness (QED) is 0.591. The van der Waals surface area contributed by atoms with Gasteiger partial charge in [0, 0.05) is 13.0 Å². The first kappa shape index (κ1) is 10.2. The summed E-state index contributed by atoms with van der Waals surface area (Å²) in [7, 11) is 0. The van der Waals surface area contributed by atoms with Crippen molar-refractivity contribution in [3.05, 3.63) is 0 Å². The molecule has 0 aliphatic carbocycles. The Morgan fingerprint density at radius 1 is 1.64 bits per heavy atom. The number of nitrogens with one attached hydrogen (secondary N) is 2. The molecule has 0 saturated heterocycles. The van der Waals surface area contributed by atoms with Crippen molar-refractivity contribution in [2.24, 2.45) is 5.11 Å². The molecular formula is C7H15N3O. The highest BCUT2D eigenvalue weighted by molar-refractivity contribution is 5.75. The predicted molar refractivity (Wildman–Crippen MR) is 42.5 cm³/mol. The molecule has 0 heterocycles. The van der Waals surface area contributed by atoms with Crippen molar-refractivity contribution in [2.45, 2.75) is 32.9 Å². The molecule has 0 amide bonds. The maximum absolute atomic E-state index is 10.5. The van der Waals surface area contributed by atoms with Crippen LogP contribution in [-0.4, -0.2) is 18.0 Å². The Labute approximate surface area is 66.9 Å². The van der Waals surface area contributed by atoms with Gasteiger partial charge in [0.2, 0.25) is 0 Å². The van der Waals surface area contributed by atoms with E-state index in [0.29, 0.717) is 13.0 Å². The van der Waals surface area contributed by atoms with E-state index < -0.39 is 5.66 Å². The van der Waals surface area contributed by atoms with Gasteiger partial charge in [-0.05, 0) is 20.8 Å². The molecule has 0 atom stereocenters. The number of rotatable bonds is 5. The van der Waals surface area contributed by atoms with Gasteiger partial charge in [0.15, 0.2) is 0 Å². The summed E-state index contributed by atoms with van der Waals surface area (Å²) < 4.78 is 0. The van der Waals surface area contributed by atoms with E-state index in [0.717, 1.165) is 0 Å². The van der Waals surface area contributed by atoms with Gasteiger partial charge in [0.05, 0.1) is 0 Å². The molecule has 0 aromatic rings. The van der Waals surface area contributed by atoms with Crippen molar-refractivity contribution in [3.8, 4) is 0 Å². The minimum Gasteiger partial charge on any atom is -0.300 e. The summed E-state index contributed by atoms with van der Waals surface area (Å²) in [6, 6.07) is 0. The highest BCUT2D eigenvalue weighted by Gasteiger charge is 2.13. The molecule has 0 fully saturated rings. The van der Waals surface area contributed by atoms with E-state index in [4.69, 9.17) is 5.53 Å². The summed E-state index contributed by atoms with van der Waals surface area (Å²) >= 11 is 0. The van der Waals surface area contributed by atoms with Crippen LogP contribution in [0.4, 0.5) is 0 Å². The van der Waals surface area contributed by atoms with Gasteiger partial charge >= 0.3 is 0 Å².